The monoisotopic (exact) mass is 258 g/mol. The number of likely N-dealkylation sites (tertiary alicyclic amines) is 1. The molecule has 2 rings (SSSR count). The van der Waals surface area contributed by atoms with Gasteiger partial charge in [0.2, 0.25) is 0 Å². The van der Waals surface area contributed by atoms with Crippen LogP contribution >= 0.6 is 0 Å². The Hall–Kier alpha value is -1.60. The van der Waals surface area contributed by atoms with Gasteiger partial charge in [0.05, 0.1) is 16.9 Å². The second kappa shape index (κ2) is 6.03. The van der Waals surface area contributed by atoms with Crippen LogP contribution in [0.25, 0.3) is 0 Å². The predicted molar refractivity (Wildman–Crippen MR) is 77.1 cm³/mol. The van der Waals surface area contributed by atoms with Crippen LogP contribution in [-0.4, -0.2) is 36.6 Å². The number of nitrogens with zero attached hydrogens (tertiary/aromatic N) is 3. The van der Waals surface area contributed by atoms with Crippen LogP contribution in [-0.2, 0) is 0 Å². The van der Waals surface area contributed by atoms with E-state index in [-0.39, 0.29) is 0 Å². The number of pyridine rings is 1. The molecule has 0 aliphatic carbocycles. The van der Waals surface area contributed by atoms with Crippen LogP contribution in [0.1, 0.15) is 29.8 Å². The number of rotatable bonds is 3. The van der Waals surface area contributed by atoms with Gasteiger partial charge in [-0.3, -0.25) is 4.98 Å². The fraction of sp³-hybridized carbons (Fsp3) is 0.600. The molecule has 1 unspecified atom stereocenters. The Bertz CT molecular complexity index is 490. The van der Waals surface area contributed by atoms with E-state index in [9.17, 15) is 5.26 Å². The van der Waals surface area contributed by atoms with Crippen LogP contribution in [0.2, 0.25) is 0 Å². The molecule has 4 heteroatoms. The Morgan fingerprint density at radius 1 is 1.53 bits per heavy atom. The maximum atomic E-state index is 9.23. The third-order valence-corrected chi connectivity index (χ3v) is 3.74. The van der Waals surface area contributed by atoms with Gasteiger partial charge < -0.3 is 10.2 Å². The molecule has 1 aromatic rings. The topological polar surface area (TPSA) is 52.0 Å². The van der Waals surface area contributed by atoms with Gasteiger partial charge in [0.15, 0.2) is 0 Å². The predicted octanol–water partition coefficient (Wildman–Crippen LogP) is 2.32. The molecule has 102 valence electrons. The molecule has 0 spiro atoms. The molecule has 19 heavy (non-hydrogen) atoms. The second-order valence-corrected chi connectivity index (χ2v) is 5.53. The summed E-state index contributed by atoms with van der Waals surface area (Å²) in [5.74, 6) is 0.666. The average Bonchev–Trinajstić information content (AvgIpc) is 2.36. The minimum absolute atomic E-state index is 0.666. The molecule has 1 aliphatic rings. The highest BCUT2D eigenvalue weighted by atomic mass is 15.1. The molecule has 0 radical (unpaired) electrons. The first-order valence-corrected chi connectivity index (χ1v) is 6.91. The van der Waals surface area contributed by atoms with Crippen LogP contribution in [0, 0.1) is 31.1 Å². The number of hydrogen-bond acceptors (Lipinski definition) is 4. The van der Waals surface area contributed by atoms with Crippen LogP contribution < -0.4 is 5.32 Å². The minimum atomic E-state index is 0.666. The molecule has 4 nitrogen and oxygen atoms in total. The number of nitrogens with one attached hydrogen (secondary N) is 1. The number of aromatic nitrogens is 1. The lowest BCUT2D eigenvalue weighted by molar-refractivity contribution is 0.217. The molecule has 2 heterocycles. The third-order valence-electron chi connectivity index (χ3n) is 3.74. The molecule has 0 aromatic carbocycles. The summed E-state index contributed by atoms with van der Waals surface area (Å²) in [6.07, 6.45) is 2.53. The van der Waals surface area contributed by atoms with Gasteiger partial charge in [0, 0.05) is 18.8 Å². The van der Waals surface area contributed by atoms with Crippen LogP contribution in [0.4, 0.5) is 5.69 Å². The van der Waals surface area contributed by atoms with Crippen LogP contribution in [0.5, 0.6) is 0 Å². The van der Waals surface area contributed by atoms with Crippen molar-refractivity contribution in [2.75, 3.05) is 32.0 Å². The number of piperidine rings is 1. The van der Waals surface area contributed by atoms with Crippen LogP contribution in [0.15, 0.2) is 6.07 Å². The number of hydrogen-bond donors (Lipinski definition) is 1. The highest BCUT2D eigenvalue weighted by Gasteiger charge is 2.17. The molecule has 1 aromatic heterocycles. The summed E-state index contributed by atoms with van der Waals surface area (Å²) in [6.45, 7) is 7.13. The zero-order chi connectivity index (χ0) is 13.8. The molecular formula is C15H22N4. The van der Waals surface area contributed by atoms with Gasteiger partial charge >= 0.3 is 0 Å². The first-order valence-electron chi connectivity index (χ1n) is 6.91. The van der Waals surface area contributed by atoms with E-state index in [1.165, 1.54) is 19.4 Å². The maximum Gasteiger partial charge on any atom is 0.103 e. The molecule has 1 aliphatic heterocycles. The van der Waals surface area contributed by atoms with Crippen molar-refractivity contribution in [3.05, 3.63) is 23.0 Å². The van der Waals surface area contributed by atoms with E-state index in [1.54, 1.807) is 0 Å². The fourth-order valence-electron chi connectivity index (χ4n) is 2.80. The Balaban J connectivity index is 2.05. The Morgan fingerprint density at radius 3 is 3.00 bits per heavy atom. The zero-order valence-corrected chi connectivity index (χ0v) is 12.0. The molecule has 1 fully saturated rings. The van der Waals surface area contributed by atoms with E-state index < -0.39 is 0 Å². The lowest BCUT2D eigenvalue weighted by atomic mass is 9.98. The molecule has 0 bridgehead atoms. The largest absolute Gasteiger partial charge is 0.384 e. The third kappa shape index (κ3) is 3.45. The molecule has 1 saturated heterocycles. The summed E-state index contributed by atoms with van der Waals surface area (Å²) in [7, 11) is 2.17. The van der Waals surface area contributed by atoms with Gasteiger partial charge in [0.25, 0.3) is 0 Å². The fourth-order valence-corrected chi connectivity index (χ4v) is 2.80. The van der Waals surface area contributed by atoms with E-state index in [2.05, 4.69) is 28.3 Å². The molecule has 1 N–H and O–H groups in total. The average molecular weight is 258 g/mol. The van der Waals surface area contributed by atoms with Crippen molar-refractivity contribution in [2.45, 2.75) is 26.7 Å². The lowest BCUT2D eigenvalue weighted by Gasteiger charge is -2.30. The lowest BCUT2D eigenvalue weighted by Crippen LogP contribution is -2.35. The van der Waals surface area contributed by atoms with Gasteiger partial charge in [-0.25, -0.2) is 0 Å². The van der Waals surface area contributed by atoms with Gasteiger partial charge in [0.1, 0.15) is 6.07 Å². The summed E-state index contributed by atoms with van der Waals surface area (Å²) in [5.41, 5.74) is 3.38. The quantitative estimate of drug-likeness (QED) is 0.904. The summed E-state index contributed by atoms with van der Waals surface area (Å²) < 4.78 is 0. The smallest absolute Gasteiger partial charge is 0.103 e. The summed E-state index contributed by atoms with van der Waals surface area (Å²) in [5, 5.41) is 12.7. The SMILES string of the molecule is Cc1cc(NCC2CCCN(C)C2)c(C#N)c(C)n1. The normalized spacial score (nSPS) is 20.0. The van der Waals surface area contributed by atoms with Crippen molar-refractivity contribution in [1.82, 2.24) is 9.88 Å². The molecule has 0 saturated carbocycles. The molecule has 1 atom stereocenters. The highest BCUT2D eigenvalue weighted by Crippen LogP contribution is 2.21. The number of nitriles is 1. The Morgan fingerprint density at radius 2 is 2.32 bits per heavy atom. The first-order chi connectivity index (χ1) is 9.10. The Kier molecular flexibility index (Phi) is 4.39. The van der Waals surface area contributed by atoms with Crippen molar-refractivity contribution < 1.29 is 0 Å². The second-order valence-electron chi connectivity index (χ2n) is 5.53. The zero-order valence-electron chi connectivity index (χ0n) is 12.0. The van der Waals surface area contributed by atoms with Gasteiger partial charge in [-0.15, -0.1) is 0 Å². The van der Waals surface area contributed by atoms with Crippen molar-refractivity contribution in [1.29, 1.82) is 5.26 Å². The van der Waals surface area contributed by atoms with E-state index in [0.29, 0.717) is 11.5 Å². The van der Waals surface area contributed by atoms with Gasteiger partial charge in [-0.1, -0.05) is 0 Å². The standard InChI is InChI=1S/C15H22N4/c1-11-7-15(14(8-16)12(2)18-11)17-9-13-5-4-6-19(3)10-13/h7,13H,4-6,9-10H2,1-3H3,(H,17,18). The van der Waals surface area contributed by atoms with Crippen molar-refractivity contribution in [2.24, 2.45) is 5.92 Å². The van der Waals surface area contributed by atoms with Crippen molar-refractivity contribution in [3.8, 4) is 6.07 Å². The van der Waals surface area contributed by atoms with Gasteiger partial charge in [-0.05, 0) is 52.3 Å². The number of anilines is 1. The Labute approximate surface area is 115 Å². The van der Waals surface area contributed by atoms with E-state index in [4.69, 9.17) is 0 Å². The summed E-state index contributed by atoms with van der Waals surface area (Å²) in [6, 6.07) is 4.22. The van der Waals surface area contributed by atoms with Crippen molar-refractivity contribution >= 4 is 5.69 Å². The molecular weight excluding hydrogens is 236 g/mol. The first kappa shape index (κ1) is 13.8. The van der Waals surface area contributed by atoms with Gasteiger partial charge in [-0.2, -0.15) is 5.26 Å². The van der Waals surface area contributed by atoms with E-state index >= 15 is 0 Å². The minimum Gasteiger partial charge on any atom is -0.384 e. The van der Waals surface area contributed by atoms with E-state index in [0.717, 1.165) is 30.2 Å². The van der Waals surface area contributed by atoms with Crippen LogP contribution in [0.3, 0.4) is 0 Å². The highest BCUT2D eigenvalue weighted by molar-refractivity contribution is 5.59. The van der Waals surface area contributed by atoms with E-state index in [1.807, 2.05) is 19.9 Å². The summed E-state index contributed by atoms with van der Waals surface area (Å²) >= 11 is 0. The maximum absolute atomic E-state index is 9.23. The summed E-state index contributed by atoms with van der Waals surface area (Å²) in [4.78, 5) is 6.72. The molecule has 0 amide bonds. The number of aryl methyl sites for hydroxylation is 2. The van der Waals surface area contributed by atoms with Crippen molar-refractivity contribution in [3.63, 3.8) is 0 Å².